The summed E-state index contributed by atoms with van der Waals surface area (Å²) in [4.78, 5) is 21.1. The molecule has 2 aliphatic heterocycles. The van der Waals surface area contributed by atoms with Gasteiger partial charge in [0.2, 0.25) is 0 Å². The summed E-state index contributed by atoms with van der Waals surface area (Å²) in [5, 5.41) is 6.36. The van der Waals surface area contributed by atoms with E-state index in [4.69, 9.17) is 14.2 Å². The van der Waals surface area contributed by atoms with Crippen LogP contribution in [0.4, 0.5) is 15.8 Å². The van der Waals surface area contributed by atoms with Crippen LogP contribution in [0.2, 0.25) is 0 Å². The molecule has 39 heavy (non-hydrogen) atoms. The molecule has 2 bridgehead atoms. The molecular formula is C30H29FN4O4. The third-order valence-electron chi connectivity index (χ3n) is 7.22. The summed E-state index contributed by atoms with van der Waals surface area (Å²) in [5.41, 5.74) is 4.59. The molecule has 0 saturated heterocycles. The number of carbonyl (C=O) groups excluding carboxylic acids is 1. The van der Waals surface area contributed by atoms with Crippen molar-refractivity contribution in [2.45, 2.75) is 31.8 Å². The van der Waals surface area contributed by atoms with Crippen LogP contribution < -0.4 is 24.8 Å². The number of aromatic nitrogens is 2. The molecule has 2 aromatic carbocycles. The van der Waals surface area contributed by atoms with Crippen molar-refractivity contribution in [2.75, 3.05) is 25.6 Å². The predicted octanol–water partition coefficient (Wildman–Crippen LogP) is 5.94. The number of aromatic amines is 1. The maximum atomic E-state index is 14.6. The second-order valence-corrected chi connectivity index (χ2v) is 9.63. The standard InChI is InChI=1S/C30H29FN4O4/c1-37-29-21(31)9-6-10-22(29)34-28-25-26-18(15-33-30(25)36)7-4-5-14-38-23-11-3-2-8-19(23)17-39-24-16-32-13-12-20(24)27(28)35-26/h2-3,6,8-13,16,18,34-35H,4-5,7,14-15,17H2,1H3,(H,33,36). The zero-order valence-corrected chi connectivity index (χ0v) is 21.6. The molecule has 1 unspecified atom stereocenters. The summed E-state index contributed by atoms with van der Waals surface area (Å²) in [6.45, 7) is 1.39. The third-order valence-corrected chi connectivity index (χ3v) is 7.22. The van der Waals surface area contributed by atoms with Gasteiger partial charge in [-0.1, -0.05) is 24.3 Å². The molecular weight excluding hydrogens is 499 g/mol. The zero-order valence-electron chi connectivity index (χ0n) is 21.6. The van der Waals surface area contributed by atoms with Crippen LogP contribution in [-0.2, 0) is 6.61 Å². The fourth-order valence-corrected chi connectivity index (χ4v) is 5.29. The maximum Gasteiger partial charge on any atom is 0.255 e. The van der Waals surface area contributed by atoms with E-state index in [9.17, 15) is 9.18 Å². The van der Waals surface area contributed by atoms with Crippen molar-refractivity contribution >= 4 is 17.3 Å². The highest BCUT2D eigenvalue weighted by atomic mass is 19.1. The van der Waals surface area contributed by atoms with E-state index in [0.29, 0.717) is 41.5 Å². The SMILES string of the molecule is COc1c(F)cccc1Nc1c2[nH]c3c1C(=O)NCC3CCCCOc1ccccc1COc1cnccc1-2. The number of amides is 1. The number of hydrogen-bond acceptors (Lipinski definition) is 6. The lowest BCUT2D eigenvalue weighted by atomic mass is 9.91. The van der Waals surface area contributed by atoms with Gasteiger partial charge in [-0.05, 0) is 43.5 Å². The lowest BCUT2D eigenvalue weighted by molar-refractivity contribution is 0.0939. The topological polar surface area (TPSA) is 97.5 Å². The van der Waals surface area contributed by atoms with E-state index in [1.54, 1.807) is 24.5 Å². The van der Waals surface area contributed by atoms with E-state index >= 15 is 0 Å². The number of benzene rings is 2. The van der Waals surface area contributed by atoms with Gasteiger partial charge in [-0.15, -0.1) is 0 Å². The molecule has 3 N–H and O–H groups in total. The van der Waals surface area contributed by atoms with Gasteiger partial charge in [-0.25, -0.2) is 4.39 Å². The summed E-state index contributed by atoms with van der Waals surface area (Å²) < 4.78 is 32.3. The molecule has 0 saturated carbocycles. The van der Waals surface area contributed by atoms with E-state index < -0.39 is 5.82 Å². The van der Waals surface area contributed by atoms with Gasteiger partial charge in [0.1, 0.15) is 18.1 Å². The van der Waals surface area contributed by atoms with Gasteiger partial charge in [0.05, 0.1) is 42.5 Å². The minimum absolute atomic E-state index is 0.0659. The van der Waals surface area contributed by atoms with Crippen molar-refractivity contribution in [1.29, 1.82) is 0 Å². The molecule has 0 radical (unpaired) electrons. The van der Waals surface area contributed by atoms with Crippen molar-refractivity contribution < 1.29 is 23.4 Å². The van der Waals surface area contributed by atoms with E-state index in [1.165, 1.54) is 13.2 Å². The first-order valence-corrected chi connectivity index (χ1v) is 13.1. The Kier molecular flexibility index (Phi) is 6.79. The summed E-state index contributed by atoms with van der Waals surface area (Å²) in [7, 11) is 1.42. The number of pyridine rings is 1. The average Bonchev–Trinajstić information content (AvgIpc) is 3.33. The van der Waals surface area contributed by atoms with Crippen LogP contribution >= 0.6 is 0 Å². The van der Waals surface area contributed by atoms with Gasteiger partial charge in [0, 0.05) is 35.5 Å². The molecule has 9 heteroatoms. The van der Waals surface area contributed by atoms with E-state index in [0.717, 1.165) is 41.8 Å². The molecule has 2 aromatic heterocycles. The lowest BCUT2D eigenvalue weighted by Gasteiger charge is -2.24. The Morgan fingerprint density at radius 3 is 2.87 bits per heavy atom. The number of H-pyrrole nitrogens is 1. The zero-order chi connectivity index (χ0) is 26.8. The van der Waals surface area contributed by atoms with Crippen LogP contribution in [0.3, 0.4) is 0 Å². The molecule has 6 rings (SSSR count). The molecule has 8 nitrogen and oxygen atoms in total. The van der Waals surface area contributed by atoms with Crippen LogP contribution in [0.1, 0.15) is 46.8 Å². The van der Waals surface area contributed by atoms with Crippen LogP contribution in [0.5, 0.6) is 17.2 Å². The van der Waals surface area contributed by atoms with Crippen LogP contribution in [0.15, 0.2) is 60.9 Å². The van der Waals surface area contributed by atoms with Crippen LogP contribution in [0, 0.1) is 5.82 Å². The number of hydrogen-bond donors (Lipinski definition) is 3. The molecule has 4 aromatic rings. The van der Waals surface area contributed by atoms with Gasteiger partial charge >= 0.3 is 0 Å². The molecule has 0 fully saturated rings. The van der Waals surface area contributed by atoms with Crippen molar-refractivity contribution in [3.8, 4) is 28.5 Å². The van der Waals surface area contributed by atoms with Gasteiger partial charge in [-0.2, -0.15) is 0 Å². The minimum atomic E-state index is -0.501. The van der Waals surface area contributed by atoms with Crippen molar-refractivity contribution in [2.24, 2.45) is 0 Å². The second-order valence-electron chi connectivity index (χ2n) is 9.63. The maximum absolute atomic E-state index is 14.6. The number of carbonyl (C=O) groups is 1. The highest BCUT2D eigenvalue weighted by molar-refractivity contribution is 6.07. The number of methoxy groups -OCH3 is 1. The van der Waals surface area contributed by atoms with Crippen molar-refractivity contribution in [3.05, 3.63) is 83.6 Å². The molecule has 1 amide bonds. The Balaban J connectivity index is 1.51. The average molecular weight is 529 g/mol. The molecule has 200 valence electrons. The molecule has 0 aliphatic carbocycles. The normalized spacial score (nSPS) is 16.8. The second kappa shape index (κ2) is 10.7. The highest BCUT2D eigenvalue weighted by Gasteiger charge is 2.33. The monoisotopic (exact) mass is 528 g/mol. The number of nitrogens with zero attached hydrogens (tertiary/aromatic N) is 1. The van der Waals surface area contributed by atoms with E-state index in [1.807, 2.05) is 30.3 Å². The van der Waals surface area contributed by atoms with Crippen molar-refractivity contribution in [3.63, 3.8) is 0 Å². The summed E-state index contributed by atoms with van der Waals surface area (Å²) in [6, 6.07) is 14.3. The van der Waals surface area contributed by atoms with Gasteiger partial charge in [-0.3, -0.25) is 9.78 Å². The lowest BCUT2D eigenvalue weighted by Crippen LogP contribution is -2.35. The highest BCUT2D eigenvalue weighted by Crippen LogP contribution is 2.44. The number of anilines is 2. The molecule has 0 spiro atoms. The number of ether oxygens (including phenoxy) is 3. The number of nitrogens with one attached hydrogen (secondary N) is 3. The Hall–Kier alpha value is -4.53. The number of halogens is 1. The molecule has 2 aliphatic rings. The first kappa shape index (κ1) is 24.8. The largest absolute Gasteiger partial charge is 0.493 e. The molecule has 1 atom stereocenters. The fourth-order valence-electron chi connectivity index (χ4n) is 5.29. The Morgan fingerprint density at radius 1 is 1.08 bits per heavy atom. The quantitative estimate of drug-likeness (QED) is 0.305. The van der Waals surface area contributed by atoms with E-state index in [2.05, 4.69) is 20.6 Å². The number of para-hydroxylation sites is 2. The van der Waals surface area contributed by atoms with Crippen molar-refractivity contribution in [1.82, 2.24) is 15.3 Å². The predicted molar refractivity (Wildman–Crippen MR) is 145 cm³/mol. The number of rotatable bonds is 3. The summed E-state index contributed by atoms with van der Waals surface area (Å²) in [6.07, 6.45) is 5.99. The van der Waals surface area contributed by atoms with Gasteiger partial charge in [0.25, 0.3) is 5.91 Å². The Labute approximate surface area is 225 Å². The smallest absolute Gasteiger partial charge is 0.255 e. The first-order chi connectivity index (χ1) is 19.1. The third kappa shape index (κ3) is 4.76. The fraction of sp³-hybridized carbons (Fsp3) is 0.267. The first-order valence-electron chi connectivity index (χ1n) is 13.1. The minimum Gasteiger partial charge on any atom is -0.493 e. The molecule has 4 heterocycles. The van der Waals surface area contributed by atoms with E-state index in [-0.39, 0.29) is 24.2 Å². The van der Waals surface area contributed by atoms with Crippen LogP contribution in [0.25, 0.3) is 11.3 Å². The summed E-state index contributed by atoms with van der Waals surface area (Å²) in [5.74, 6) is 0.774. The van der Waals surface area contributed by atoms with Crippen LogP contribution in [-0.4, -0.2) is 36.1 Å². The Morgan fingerprint density at radius 2 is 1.97 bits per heavy atom. The van der Waals surface area contributed by atoms with Gasteiger partial charge < -0.3 is 29.8 Å². The summed E-state index contributed by atoms with van der Waals surface area (Å²) >= 11 is 0. The van der Waals surface area contributed by atoms with Gasteiger partial charge in [0.15, 0.2) is 11.6 Å². The number of fused-ring (bicyclic) bond motifs is 4. The Bertz CT molecular complexity index is 1520.